The summed E-state index contributed by atoms with van der Waals surface area (Å²) in [7, 11) is 1.71. The van der Waals surface area contributed by atoms with E-state index in [1.165, 1.54) is 17.1 Å². The molecule has 0 aliphatic heterocycles. The number of carbonyl (C=O) groups excluding carboxylic acids is 1. The maximum atomic E-state index is 12.4. The summed E-state index contributed by atoms with van der Waals surface area (Å²) in [5.41, 5.74) is 3.35. The minimum atomic E-state index is -1.00. The molecular weight excluding hydrogens is 298 g/mol. The highest BCUT2D eigenvalue weighted by Gasteiger charge is 2.18. The Labute approximate surface area is 134 Å². The Morgan fingerprint density at radius 1 is 1.35 bits per heavy atom. The van der Waals surface area contributed by atoms with Gasteiger partial charge in [-0.1, -0.05) is 0 Å². The molecule has 0 saturated carbocycles. The maximum Gasteiger partial charge on any atom is 0.325 e. The van der Waals surface area contributed by atoms with Crippen LogP contribution < -0.4 is 0 Å². The van der Waals surface area contributed by atoms with Gasteiger partial charge in [-0.15, -0.1) is 0 Å². The van der Waals surface area contributed by atoms with E-state index in [-0.39, 0.29) is 12.5 Å². The van der Waals surface area contributed by atoms with Crippen molar-refractivity contribution in [1.29, 1.82) is 0 Å². The summed E-state index contributed by atoms with van der Waals surface area (Å²) in [5.74, 6) is -1.21. The van der Waals surface area contributed by atoms with Crippen LogP contribution in [-0.4, -0.2) is 48.5 Å². The predicted molar refractivity (Wildman–Crippen MR) is 83.0 cm³/mol. The van der Waals surface area contributed by atoms with Crippen LogP contribution in [0.4, 0.5) is 0 Å². The summed E-state index contributed by atoms with van der Waals surface area (Å²) in [6.07, 6.45) is 2.83. The van der Waals surface area contributed by atoms with Gasteiger partial charge in [-0.05, 0) is 20.8 Å². The van der Waals surface area contributed by atoms with Gasteiger partial charge < -0.3 is 10.0 Å². The van der Waals surface area contributed by atoms with Gasteiger partial charge in [0.15, 0.2) is 0 Å². The number of rotatable bonds is 6. The smallest absolute Gasteiger partial charge is 0.325 e. The molecule has 8 nitrogen and oxygen atoms in total. The number of aromatic nitrogens is 4. The normalized spacial score (nSPS) is 10.8. The SMILES string of the molecule is CCn1nc(C)c(CN(C)C(=O)c2cnn(CC(=O)O)c2)c1C. The number of aryl methyl sites for hydroxylation is 2. The molecule has 2 aromatic rings. The number of carboxylic acids is 1. The Morgan fingerprint density at radius 3 is 2.61 bits per heavy atom. The fraction of sp³-hybridized carbons (Fsp3) is 0.467. The number of aliphatic carboxylic acids is 1. The van der Waals surface area contributed by atoms with Crippen molar-refractivity contribution >= 4 is 11.9 Å². The monoisotopic (exact) mass is 319 g/mol. The molecule has 0 bridgehead atoms. The molecule has 0 fully saturated rings. The summed E-state index contributed by atoms with van der Waals surface area (Å²) in [6.45, 7) is 6.90. The van der Waals surface area contributed by atoms with Crippen molar-refractivity contribution in [3.05, 3.63) is 34.9 Å². The molecule has 2 heterocycles. The molecule has 0 aliphatic carbocycles. The van der Waals surface area contributed by atoms with Gasteiger partial charge in [0.2, 0.25) is 0 Å². The summed E-state index contributed by atoms with van der Waals surface area (Å²) >= 11 is 0. The van der Waals surface area contributed by atoms with Crippen LogP contribution in [0.25, 0.3) is 0 Å². The topological polar surface area (TPSA) is 93.3 Å². The number of carboxylic acid groups (broad SMARTS) is 1. The van der Waals surface area contributed by atoms with Crippen molar-refractivity contribution in [2.45, 2.75) is 40.4 Å². The highest BCUT2D eigenvalue weighted by atomic mass is 16.4. The second kappa shape index (κ2) is 6.64. The highest BCUT2D eigenvalue weighted by molar-refractivity contribution is 5.93. The molecule has 8 heteroatoms. The number of hydrogen-bond donors (Lipinski definition) is 1. The Morgan fingerprint density at radius 2 is 2.04 bits per heavy atom. The first-order valence-corrected chi connectivity index (χ1v) is 7.36. The molecule has 1 amide bonds. The summed E-state index contributed by atoms with van der Waals surface area (Å²) in [4.78, 5) is 24.7. The van der Waals surface area contributed by atoms with Gasteiger partial charge in [-0.2, -0.15) is 10.2 Å². The Balaban J connectivity index is 2.12. The molecule has 0 radical (unpaired) electrons. The van der Waals surface area contributed by atoms with Crippen molar-refractivity contribution in [1.82, 2.24) is 24.5 Å². The molecule has 124 valence electrons. The van der Waals surface area contributed by atoms with E-state index in [4.69, 9.17) is 5.11 Å². The maximum absolute atomic E-state index is 12.4. The molecule has 0 aliphatic rings. The number of hydrogen-bond acceptors (Lipinski definition) is 4. The first kappa shape index (κ1) is 16.7. The molecule has 0 aromatic carbocycles. The molecule has 23 heavy (non-hydrogen) atoms. The summed E-state index contributed by atoms with van der Waals surface area (Å²) in [5, 5.41) is 17.1. The second-order valence-corrected chi connectivity index (χ2v) is 5.45. The van der Waals surface area contributed by atoms with E-state index in [1.54, 1.807) is 11.9 Å². The van der Waals surface area contributed by atoms with Gasteiger partial charge in [0, 0.05) is 37.6 Å². The van der Waals surface area contributed by atoms with Crippen LogP contribution in [0.2, 0.25) is 0 Å². The summed E-state index contributed by atoms with van der Waals surface area (Å²) in [6, 6.07) is 0. The zero-order valence-corrected chi connectivity index (χ0v) is 13.8. The van der Waals surface area contributed by atoms with Crippen molar-refractivity contribution in [3.63, 3.8) is 0 Å². The van der Waals surface area contributed by atoms with E-state index < -0.39 is 5.97 Å². The third kappa shape index (κ3) is 3.58. The summed E-state index contributed by atoms with van der Waals surface area (Å²) < 4.78 is 3.14. The lowest BCUT2D eigenvalue weighted by Gasteiger charge is -2.16. The van der Waals surface area contributed by atoms with E-state index in [9.17, 15) is 9.59 Å². The van der Waals surface area contributed by atoms with E-state index in [2.05, 4.69) is 10.2 Å². The molecule has 1 N–H and O–H groups in total. The van der Waals surface area contributed by atoms with E-state index in [0.29, 0.717) is 12.1 Å². The fourth-order valence-corrected chi connectivity index (χ4v) is 2.50. The Bertz CT molecular complexity index is 732. The lowest BCUT2D eigenvalue weighted by atomic mass is 10.2. The standard InChI is InChI=1S/C15H21N5O3/c1-5-20-11(3)13(10(2)17-20)8-18(4)15(23)12-6-16-19(7-12)9-14(21)22/h6-7H,5,8-9H2,1-4H3,(H,21,22). The molecular formula is C15H21N5O3. The molecule has 2 rings (SSSR count). The quantitative estimate of drug-likeness (QED) is 0.860. The van der Waals surface area contributed by atoms with Crippen LogP contribution in [0.1, 0.15) is 34.2 Å². The van der Waals surface area contributed by atoms with Crippen molar-refractivity contribution in [2.24, 2.45) is 0 Å². The van der Waals surface area contributed by atoms with Crippen LogP contribution in [0, 0.1) is 13.8 Å². The third-order valence-electron chi connectivity index (χ3n) is 3.75. The second-order valence-electron chi connectivity index (χ2n) is 5.45. The predicted octanol–water partition coefficient (Wildman–Crippen LogP) is 1.07. The average molecular weight is 319 g/mol. The van der Waals surface area contributed by atoms with Crippen molar-refractivity contribution < 1.29 is 14.7 Å². The minimum absolute atomic E-state index is 0.204. The molecule has 0 unspecified atom stereocenters. The van der Waals surface area contributed by atoms with Crippen LogP contribution in [0.3, 0.4) is 0 Å². The Kier molecular flexibility index (Phi) is 4.83. The van der Waals surface area contributed by atoms with E-state index in [1.807, 2.05) is 25.5 Å². The van der Waals surface area contributed by atoms with Crippen molar-refractivity contribution in [2.75, 3.05) is 7.05 Å². The first-order chi connectivity index (χ1) is 10.8. The number of amides is 1. The lowest BCUT2D eigenvalue weighted by Crippen LogP contribution is -2.26. The highest BCUT2D eigenvalue weighted by Crippen LogP contribution is 2.16. The zero-order valence-electron chi connectivity index (χ0n) is 13.8. The van der Waals surface area contributed by atoms with Gasteiger partial charge >= 0.3 is 5.97 Å². The fourth-order valence-electron chi connectivity index (χ4n) is 2.50. The van der Waals surface area contributed by atoms with Gasteiger partial charge in [-0.25, -0.2) is 0 Å². The first-order valence-electron chi connectivity index (χ1n) is 7.36. The van der Waals surface area contributed by atoms with Gasteiger partial charge in [0.1, 0.15) is 6.54 Å². The molecule has 0 saturated heterocycles. The zero-order chi connectivity index (χ0) is 17.1. The number of nitrogens with zero attached hydrogens (tertiary/aromatic N) is 5. The largest absolute Gasteiger partial charge is 0.480 e. The molecule has 2 aromatic heterocycles. The van der Waals surface area contributed by atoms with Crippen LogP contribution in [-0.2, 0) is 24.4 Å². The van der Waals surface area contributed by atoms with Gasteiger partial charge in [0.05, 0.1) is 17.5 Å². The lowest BCUT2D eigenvalue weighted by molar-refractivity contribution is -0.137. The van der Waals surface area contributed by atoms with Gasteiger partial charge in [0.25, 0.3) is 5.91 Å². The van der Waals surface area contributed by atoms with Crippen molar-refractivity contribution in [3.8, 4) is 0 Å². The molecule has 0 spiro atoms. The number of carbonyl (C=O) groups is 2. The van der Waals surface area contributed by atoms with Crippen LogP contribution >= 0.6 is 0 Å². The van der Waals surface area contributed by atoms with Gasteiger partial charge in [-0.3, -0.25) is 19.0 Å². The van der Waals surface area contributed by atoms with E-state index in [0.717, 1.165) is 23.5 Å². The minimum Gasteiger partial charge on any atom is -0.480 e. The molecule has 0 atom stereocenters. The van der Waals surface area contributed by atoms with E-state index >= 15 is 0 Å². The van der Waals surface area contributed by atoms with Crippen LogP contribution in [0.15, 0.2) is 12.4 Å². The third-order valence-corrected chi connectivity index (χ3v) is 3.75. The Hall–Kier alpha value is -2.64. The average Bonchev–Trinajstić information content (AvgIpc) is 3.05. The van der Waals surface area contributed by atoms with Crippen LogP contribution in [0.5, 0.6) is 0 Å².